The molecule has 0 aliphatic rings. The lowest BCUT2D eigenvalue weighted by Crippen LogP contribution is -2.26. The van der Waals surface area contributed by atoms with Gasteiger partial charge in [-0.3, -0.25) is 0 Å². The Bertz CT molecular complexity index is 283. The Labute approximate surface area is 103 Å². The van der Waals surface area contributed by atoms with Crippen molar-refractivity contribution in [3.05, 3.63) is 21.9 Å². The maximum Gasteiger partial charge on any atom is 0.0302 e. The lowest BCUT2D eigenvalue weighted by molar-refractivity contribution is 0.528. The van der Waals surface area contributed by atoms with Crippen LogP contribution in [0, 0.1) is 0 Å². The Kier molecular flexibility index (Phi) is 6.69. The highest BCUT2D eigenvalue weighted by Crippen LogP contribution is 2.16. The molecule has 0 amide bonds. The molecule has 3 N–H and O–H groups in total. The van der Waals surface area contributed by atoms with E-state index < -0.39 is 0 Å². The van der Waals surface area contributed by atoms with E-state index in [9.17, 15) is 0 Å². The van der Waals surface area contributed by atoms with E-state index in [-0.39, 0.29) is 0 Å². The average molecular weight is 240 g/mol. The van der Waals surface area contributed by atoms with E-state index in [4.69, 9.17) is 5.73 Å². The Hall–Kier alpha value is -0.380. The molecule has 0 aliphatic carbocycles. The third kappa shape index (κ3) is 4.64. The molecular weight excluding hydrogens is 216 g/mol. The van der Waals surface area contributed by atoms with E-state index in [1.807, 2.05) is 11.3 Å². The zero-order valence-electron chi connectivity index (χ0n) is 10.5. The highest BCUT2D eigenvalue weighted by molar-refractivity contribution is 7.10. The van der Waals surface area contributed by atoms with Gasteiger partial charge in [0.1, 0.15) is 0 Å². The largest absolute Gasteiger partial charge is 0.328 e. The van der Waals surface area contributed by atoms with Crippen LogP contribution in [0.2, 0.25) is 0 Å². The highest BCUT2D eigenvalue weighted by atomic mass is 32.1. The first-order valence-electron chi connectivity index (χ1n) is 6.29. The summed E-state index contributed by atoms with van der Waals surface area (Å²) >= 11 is 1.85. The summed E-state index contributed by atoms with van der Waals surface area (Å²) in [6, 6.07) is 2.59. The van der Waals surface area contributed by atoms with Crippen LogP contribution in [0.4, 0.5) is 0 Å². The van der Waals surface area contributed by atoms with Crippen LogP contribution < -0.4 is 11.1 Å². The van der Waals surface area contributed by atoms with Gasteiger partial charge in [0.25, 0.3) is 0 Å². The maximum atomic E-state index is 5.96. The minimum atomic E-state index is 0.367. The molecule has 92 valence electrons. The number of nitrogens with two attached hydrogens (primary N) is 1. The molecule has 0 bridgehead atoms. The van der Waals surface area contributed by atoms with E-state index in [1.54, 1.807) is 0 Å². The fraction of sp³-hybridized carbons (Fsp3) is 0.692. The molecule has 1 unspecified atom stereocenters. The smallest absolute Gasteiger partial charge is 0.0302 e. The average Bonchev–Trinajstić information content (AvgIpc) is 2.72. The number of hydrogen-bond donors (Lipinski definition) is 2. The first-order chi connectivity index (χ1) is 7.77. The fourth-order valence-electron chi connectivity index (χ4n) is 1.84. The van der Waals surface area contributed by atoms with Crippen molar-refractivity contribution in [2.45, 2.75) is 52.1 Å². The van der Waals surface area contributed by atoms with Crippen LogP contribution in [0.15, 0.2) is 11.4 Å². The van der Waals surface area contributed by atoms with Gasteiger partial charge in [0.15, 0.2) is 0 Å². The maximum absolute atomic E-state index is 5.96. The number of nitrogens with one attached hydrogen (secondary N) is 1. The zero-order valence-corrected chi connectivity index (χ0v) is 11.3. The van der Waals surface area contributed by atoms with E-state index in [0.29, 0.717) is 6.04 Å². The van der Waals surface area contributed by atoms with Crippen molar-refractivity contribution < 1.29 is 0 Å². The van der Waals surface area contributed by atoms with Gasteiger partial charge in [-0.05, 0) is 42.8 Å². The molecular formula is C13H24N2S. The zero-order chi connectivity index (χ0) is 11.8. The summed E-state index contributed by atoms with van der Waals surface area (Å²) in [5.74, 6) is 0. The number of hydrogen-bond acceptors (Lipinski definition) is 3. The number of rotatable bonds is 8. The lowest BCUT2D eigenvalue weighted by atomic mass is 10.1. The summed E-state index contributed by atoms with van der Waals surface area (Å²) in [4.78, 5) is 1.48. The normalized spacial score (nSPS) is 12.9. The van der Waals surface area contributed by atoms with Crippen molar-refractivity contribution in [3.8, 4) is 0 Å². The van der Waals surface area contributed by atoms with E-state index >= 15 is 0 Å². The quantitative estimate of drug-likeness (QED) is 0.686. The molecule has 1 atom stereocenters. The molecule has 16 heavy (non-hydrogen) atoms. The molecule has 0 fully saturated rings. The predicted molar refractivity (Wildman–Crippen MR) is 72.9 cm³/mol. The SMILES string of the molecule is CCCC(N)CCNCc1sccc1CC. The Morgan fingerprint density at radius 1 is 1.38 bits per heavy atom. The van der Waals surface area contributed by atoms with Gasteiger partial charge in [-0.2, -0.15) is 0 Å². The fourth-order valence-corrected chi connectivity index (χ4v) is 2.79. The van der Waals surface area contributed by atoms with Gasteiger partial charge in [-0.25, -0.2) is 0 Å². The Morgan fingerprint density at radius 3 is 2.88 bits per heavy atom. The van der Waals surface area contributed by atoms with Crippen molar-refractivity contribution in [2.24, 2.45) is 5.73 Å². The highest BCUT2D eigenvalue weighted by Gasteiger charge is 2.03. The van der Waals surface area contributed by atoms with Crippen molar-refractivity contribution in [1.29, 1.82) is 0 Å². The minimum Gasteiger partial charge on any atom is -0.328 e. The van der Waals surface area contributed by atoms with Crippen LogP contribution in [0.1, 0.15) is 43.6 Å². The van der Waals surface area contributed by atoms with Crippen LogP contribution in [-0.2, 0) is 13.0 Å². The monoisotopic (exact) mass is 240 g/mol. The molecule has 1 heterocycles. The second-order valence-corrected chi connectivity index (χ2v) is 5.24. The predicted octanol–water partition coefficient (Wildman–Crippen LogP) is 2.92. The Balaban J connectivity index is 2.16. The standard InChI is InChI=1S/C13H24N2S/c1-3-5-12(14)6-8-15-10-13-11(4-2)7-9-16-13/h7,9,12,15H,3-6,8,10,14H2,1-2H3. The summed E-state index contributed by atoms with van der Waals surface area (Å²) < 4.78 is 0. The molecule has 0 spiro atoms. The van der Waals surface area contributed by atoms with Crippen molar-refractivity contribution in [2.75, 3.05) is 6.54 Å². The summed E-state index contributed by atoms with van der Waals surface area (Å²) in [7, 11) is 0. The first kappa shape index (κ1) is 13.7. The van der Waals surface area contributed by atoms with E-state index in [0.717, 1.165) is 32.4 Å². The molecule has 0 saturated carbocycles. The van der Waals surface area contributed by atoms with Crippen LogP contribution in [0.25, 0.3) is 0 Å². The lowest BCUT2D eigenvalue weighted by Gasteiger charge is -2.10. The summed E-state index contributed by atoms with van der Waals surface area (Å²) in [6.07, 6.45) is 4.55. The van der Waals surface area contributed by atoms with Gasteiger partial charge < -0.3 is 11.1 Å². The third-order valence-electron chi connectivity index (χ3n) is 2.86. The third-order valence-corrected chi connectivity index (χ3v) is 3.82. The molecule has 0 aromatic carbocycles. The minimum absolute atomic E-state index is 0.367. The number of thiophene rings is 1. The van der Waals surface area contributed by atoms with Crippen LogP contribution >= 0.6 is 11.3 Å². The van der Waals surface area contributed by atoms with Gasteiger partial charge in [0.2, 0.25) is 0 Å². The van der Waals surface area contributed by atoms with E-state index in [1.165, 1.54) is 16.9 Å². The molecule has 3 heteroatoms. The summed E-state index contributed by atoms with van der Waals surface area (Å²) in [6.45, 7) is 6.43. The molecule has 1 aromatic heterocycles. The van der Waals surface area contributed by atoms with Gasteiger partial charge in [-0.15, -0.1) is 11.3 Å². The second-order valence-electron chi connectivity index (χ2n) is 4.24. The summed E-state index contributed by atoms with van der Waals surface area (Å²) in [5, 5.41) is 5.66. The van der Waals surface area contributed by atoms with Gasteiger partial charge in [-0.1, -0.05) is 20.3 Å². The first-order valence-corrected chi connectivity index (χ1v) is 7.17. The Morgan fingerprint density at radius 2 is 2.19 bits per heavy atom. The molecule has 2 nitrogen and oxygen atoms in total. The van der Waals surface area contributed by atoms with E-state index in [2.05, 4.69) is 30.6 Å². The molecule has 1 rings (SSSR count). The molecule has 1 aromatic rings. The van der Waals surface area contributed by atoms with Gasteiger partial charge in [0.05, 0.1) is 0 Å². The molecule has 0 aliphatic heterocycles. The van der Waals surface area contributed by atoms with Crippen LogP contribution in [0.5, 0.6) is 0 Å². The van der Waals surface area contributed by atoms with Crippen molar-refractivity contribution >= 4 is 11.3 Å². The van der Waals surface area contributed by atoms with Crippen LogP contribution in [0.3, 0.4) is 0 Å². The molecule has 0 saturated heterocycles. The number of aryl methyl sites for hydroxylation is 1. The van der Waals surface area contributed by atoms with Crippen LogP contribution in [-0.4, -0.2) is 12.6 Å². The van der Waals surface area contributed by atoms with Crippen molar-refractivity contribution in [1.82, 2.24) is 5.32 Å². The molecule has 0 radical (unpaired) electrons. The van der Waals surface area contributed by atoms with Gasteiger partial charge in [0, 0.05) is 17.5 Å². The van der Waals surface area contributed by atoms with Gasteiger partial charge >= 0.3 is 0 Å². The topological polar surface area (TPSA) is 38.0 Å². The summed E-state index contributed by atoms with van der Waals surface area (Å²) in [5.41, 5.74) is 7.44. The second kappa shape index (κ2) is 7.82. The van der Waals surface area contributed by atoms with Crippen molar-refractivity contribution in [3.63, 3.8) is 0 Å².